The van der Waals surface area contributed by atoms with Gasteiger partial charge in [-0.1, -0.05) is 31.5 Å². The second-order valence-corrected chi connectivity index (χ2v) is 9.02. The van der Waals surface area contributed by atoms with E-state index in [1.54, 1.807) is 0 Å². The molecule has 0 unspecified atom stereocenters. The molecule has 3 aromatic rings. The third-order valence-corrected chi connectivity index (χ3v) is 6.44. The van der Waals surface area contributed by atoms with Crippen molar-refractivity contribution in [2.24, 2.45) is 0 Å². The molecule has 0 radical (unpaired) electrons. The number of furan rings is 1. The summed E-state index contributed by atoms with van der Waals surface area (Å²) in [6.45, 7) is 10.5. The summed E-state index contributed by atoms with van der Waals surface area (Å²) in [6, 6.07) is 11.8. The highest BCUT2D eigenvalue weighted by Crippen LogP contribution is 2.32. The van der Waals surface area contributed by atoms with E-state index < -0.39 is 0 Å². The Kier molecular flexibility index (Phi) is 7.31. The summed E-state index contributed by atoms with van der Waals surface area (Å²) >= 11 is 0. The van der Waals surface area contributed by atoms with Gasteiger partial charge in [-0.25, -0.2) is 0 Å². The third-order valence-electron chi connectivity index (χ3n) is 6.44. The van der Waals surface area contributed by atoms with Gasteiger partial charge in [0.1, 0.15) is 17.1 Å². The quantitative estimate of drug-likeness (QED) is 0.271. The van der Waals surface area contributed by atoms with Crippen molar-refractivity contribution in [3.8, 4) is 5.75 Å². The molecule has 1 saturated heterocycles. The SMILES string of the molecule is CCCCc1oc2ccccc2c1C(=O)c1cc(C)c(OCCCN2CCCC2)c(C)c1. The average Bonchev–Trinajstić information content (AvgIpc) is 3.43. The van der Waals surface area contributed by atoms with Crippen LogP contribution < -0.4 is 4.74 Å². The predicted molar refractivity (Wildman–Crippen MR) is 130 cm³/mol. The second-order valence-electron chi connectivity index (χ2n) is 9.02. The Morgan fingerprint density at radius 2 is 1.78 bits per heavy atom. The Morgan fingerprint density at radius 1 is 1.06 bits per heavy atom. The van der Waals surface area contributed by atoms with Crippen LogP contribution in [-0.4, -0.2) is 36.9 Å². The maximum atomic E-state index is 13.6. The molecule has 0 atom stereocenters. The first-order valence-corrected chi connectivity index (χ1v) is 12.1. The van der Waals surface area contributed by atoms with Gasteiger partial charge in [0.15, 0.2) is 5.78 Å². The van der Waals surface area contributed by atoms with Crippen LogP contribution in [0.3, 0.4) is 0 Å². The number of likely N-dealkylation sites (tertiary alicyclic amines) is 1. The van der Waals surface area contributed by atoms with Crippen LogP contribution in [0.1, 0.15) is 71.8 Å². The molecule has 0 N–H and O–H groups in total. The van der Waals surface area contributed by atoms with Gasteiger partial charge in [0, 0.05) is 23.9 Å². The Morgan fingerprint density at radius 3 is 2.50 bits per heavy atom. The number of ketones is 1. The van der Waals surface area contributed by atoms with E-state index in [0.29, 0.717) is 17.7 Å². The molecule has 2 heterocycles. The molecule has 32 heavy (non-hydrogen) atoms. The largest absolute Gasteiger partial charge is 0.493 e. The lowest BCUT2D eigenvalue weighted by Gasteiger charge is -2.17. The summed E-state index contributed by atoms with van der Waals surface area (Å²) in [5.41, 5.74) is 4.23. The molecule has 2 aromatic carbocycles. The number of hydrogen-bond acceptors (Lipinski definition) is 4. The number of para-hydroxylation sites is 1. The van der Waals surface area contributed by atoms with Crippen molar-refractivity contribution < 1.29 is 13.9 Å². The molecule has 4 heteroatoms. The first-order valence-electron chi connectivity index (χ1n) is 12.1. The Bertz CT molecular complexity index is 1050. The van der Waals surface area contributed by atoms with Crippen molar-refractivity contribution in [2.75, 3.05) is 26.2 Å². The Hall–Kier alpha value is -2.59. The number of unbranched alkanes of at least 4 members (excludes halogenated alkanes) is 1. The average molecular weight is 434 g/mol. The van der Waals surface area contributed by atoms with Crippen LogP contribution in [-0.2, 0) is 6.42 Å². The number of aryl methyl sites for hydroxylation is 3. The van der Waals surface area contributed by atoms with Crippen LogP contribution in [0, 0.1) is 13.8 Å². The molecule has 0 spiro atoms. The van der Waals surface area contributed by atoms with Crippen molar-refractivity contribution in [1.82, 2.24) is 4.90 Å². The molecule has 170 valence electrons. The zero-order chi connectivity index (χ0) is 22.5. The van der Waals surface area contributed by atoms with Gasteiger partial charge >= 0.3 is 0 Å². The van der Waals surface area contributed by atoms with Gasteiger partial charge in [-0.15, -0.1) is 0 Å². The first-order chi connectivity index (χ1) is 15.6. The van der Waals surface area contributed by atoms with E-state index in [-0.39, 0.29) is 5.78 Å². The van der Waals surface area contributed by atoms with Gasteiger partial charge in [-0.2, -0.15) is 0 Å². The summed E-state index contributed by atoms with van der Waals surface area (Å²) in [7, 11) is 0. The molecule has 1 aliphatic rings. The standard InChI is InChI=1S/C28H35NO3/c1-4-5-12-25-26(23-11-6-7-13-24(23)32-25)27(30)22-18-20(2)28(21(3)19-22)31-17-10-16-29-14-8-9-15-29/h6-7,11,13,18-19H,4-5,8-10,12,14-17H2,1-3H3. The zero-order valence-electron chi connectivity index (χ0n) is 19.7. The zero-order valence-corrected chi connectivity index (χ0v) is 19.7. The summed E-state index contributed by atoms with van der Waals surface area (Å²) in [4.78, 5) is 16.1. The summed E-state index contributed by atoms with van der Waals surface area (Å²) in [5, 5.41) is 0.904. The summed E-state index contributed by atoms with van der Waals surface area (Å²) < 4.78 is 12.2. The fourth-order valence-electron chi connectivity index (χ4n) is 4.78. The minimum Gasteiger partial charge on any atom is -0.493 e. The van der Waals surface area contributed by atoms with Gasteiger partial charge in [0.2, 0.25) is 0 Å². The van der Waals surface area contributed by atoms with Crippen LogP contribution in [0.15, 0.2) is 40.8 Å². The highest BCUT2D eigenvalue weighted by molar-refractivity contribution is 6.17. The van der Waals surface area contributed by atoms with Gasteiger partial charge in [-0.05, 0) is 81.9 Å². The van der Waals surface area contributed by atoms with Crippen LogP contribution in [0.5, 0.6) is 5.75 Å². The number of carbonyl (C=O) groups excluding carboxylic acids is 1. The monoisotopic (exact) mass is 433 g/mol. The van der Waals surface area contributed by atoms with Crippen LogP contribution in [0.2, 0.25) is 0 Å². The van der Waals surface area contributed by atoms with Crippen LogP contribution in [0.25, 0.3) is 11.0 Å². The molecule has 1 aromatic heterocycles. The van der Waals surface area contributed by atoms with Crippen LogP contribution in [0.4, 0.5) is 0 Å². The third kappa shape index (κ3) is 4.91. The van der Waals surface area contributed by atoms with E-state index in [0.717, 1.165) is 65.8 Å². The lowest BCUT2D eigenvalue weighted by Crippen LogP contribution is -2.22. The molecule has 0 aliphatic carbocycles. The summed E-state index contributed by atoms with van der Waals surface area (Å²) in [5.74, 6) is 1.75. The van der Waals surface area contributed by atoms with Gasteiger partial charge in [0.05, 0.1) is 12.2 Å². The number of ether oxygens (including phenoxy) is 1. The van der Waals surface area contributed by atoms with Crippen molar-refractivity contribution in [2.45, 2.75) is 59.3 Å². The molecular formula is C28H35NO3. The van der Waals surface area contributed by atoms with Crippen molar-refractivity contribution in [1.29, 1.82) is 0 Å². The maximum Gasteiger partial charge on any atom is 0.197 e. The molecule has 0 bridgehead atoms. The minimum absolute atomic E-state index is 0.0350. The molecule has 0 amide bonds. The molecule has 1 aliphatic heterocycles. The fraction of sp³-hybridized carbons (Fsp3) is 0.464. The second kappa shape index (κ2) is 10.4. The number of hydrogen-bond donors (Lipinski definition) is 0. The molecular weight excluding hydrogens is 398 g/mol. The van der Waals surface area contributed by atoms with Crippen LogP contribution >= 0.6 is 0 Å². The lowest BCUT2D eigenvalue weighted by atomic mass is 9.95. The van der Waals surface area contributed by atoms with E-state index in [9.17, 15) is 4.79 Å². The van der Waals surface area contributed by atoms with E-state index in [4.69, 9.17) is 9.15 Å². The molecule has 4 rings (SSSR count). The normalized spacial score (nSPS) is 14.3. The topological polar surface area (TPSA) is 42.7 Å². The Labute approximate surface area is 191 Å². The number of carbonyl (C=O) groups is 1. The van der Waals surface area contributed by atoms with E-state index in [1.807, 2.05) is 50.2 Å². The predicted octanol–water partition coefficient (Wildman–Crippen LogP) is 6.49. The lowest BCUT2D eigenvalue weighted by molar-refractivity contribution is 0.103. The maximum absolute atomic E-state index is 13.6. The molecule has 0 saturated carbocycles. The fourth-order valence-corrected chi connectivity index (χ4v) is 4.78. The molecule has 4 nitrogen and oxygen atoms in total. The van der Waals surface area contributed by atoms with Crippen molar-refractivity contribution >= 4 is 16.8 Å². The van der Waals surface area contributed by atoms with E-state index in [2.05, 4.69) is 11.8 Å². The van der Waals surface area contributed by atoms with E-state index >= 15 is 0 Å². The van der Waals surface area contributed by atoms with Gasteiger partial charge in [0.25, 0.3) is 0 Å². The minimum atomic E-state index is 0.0350. The summed E-state index contributed by atoms with van der Waals surface area (Å²) in [6.07, 6.45) is 6.51. The number of nitrogens with zero attached hydrogens (tertiary/aromatic N) is 1. The highest BCUT2D eigenvalue weighted by atomic mass is 16.5. The number of fused-ring (bicyclic) bond motifs is 1. The first kappa shape index (κ1) is 22.6. The number of benzene rings is 2. The molecule has 1 fully saturated rings. The smallest absolute Gasteiger partial charge is 0.197 e. The number of rotatable bonds is 10. The van der Waals surface area contributed by atoms with Gasteiger partial charge in [-0.3, -0.25) is 4.79 Å². The van der Waals surface area contributed by atoms with Crippen molar-refractivity contribution in [3.05, 3.63) is 64.4 Å². The Balaban J connectivity index is 1.53. The highest BCUT2D eigenvalue weighted by Gasteiger charge is 2.23. The van der Waals surface area contributed by atoms with E-state index in [1.165, 1.54) is 25.9 Å². The van der Waals surface area contributed by atoms with Crippen molar-refractivity contribution in [3.63, 3.8) is 0 Å². The van der Waals surface area contributed by atoms with Gasteiger partial charge < -0.3 is 14.1 Å².